The number of imide groups is 1. The number of hydrogen-bond donors (Lipinski definition) is 1. The number of anilines is 2. The summed E-state index contributed by atoms with van der Waals surface area (Å²) in [7, 11) is 3.58. The fourth-order valence-electron chi connectivity index (χ4n) is 4.80. The Morgan fingerprint density at radius 1 is 1.30 bits per heavy atom. The number of rotatable bonds is 7. The van der Waals surface area contributed by atoms with E-state index in [1.54, 1.807) is 12.0 Å². The molecule has 1 aromatic rings. The van der Waals surface area contributed by atoms with Gasteiger partial charge in [0.15, 0.2) is 5.79 Å². The van der Waals surface area contributed by atoms with Gasteiger partial charge in [0.1, 0.15) is 6.04 Å². The van der Waals surface area contributed by atoms with Crippen molar-refractivity contribution in [3.63, 3.8) is 0 Å². The van der Waals surface area contributed by atoms with Gasteiger partial charge in [0.2, 0.25) is 17.7 Å². The number of benzene rings is 1. The van der Waals surface area contributed by atoms with Crippen LogP contribution in [0.2, 0.25) is 0 Å². The molecule has 1 saturated carbocycles. The van der Waals surface area contributed by atoms with Gasteiger partial charge in [0, 0.05) is 38.4 Å². The molecular formula is C22H29N3O5. The molecule has 3 aliphatic rings. The summed E-state index contributed by atoms with van der Waals surface area (Å²) >= 11 is 0. The molecule has 4 rings (SSSR count). The Kier molecular flexibility index (Phi) is 5.10. The van der Waals surface area contributed by atoms with Crippen LogP contribution in [0.1, 0.15) is 45.1 Å². The van der Waals surface area contributed by atoms with Crippen LogP contribution in [-0.4, -0.2) is 56.9 Å². The maximum Gasteiger partial charge on any atom is 0.249 e. The zero-order valence-corrected chi connectivity index (χ0v) is 18.0. The zero-order chi connectivity index (χ0) is 21.7. The number of nitrogens with zero attached hydrogens (tertiary/aromatic N) is 2. The molecule has 8 heteroatoms. The smallest absolute Gasteiger partial charge is 0.249 e. The summed E-state index contributed by atoms with van der Waals surface area (Å²) in [4.78, 5) is 41.3. The molecule has 30 heavy (non-hydrogen) atoms. The molecule has 1 spiro atoms. The van der Waals surface area contributed by atoms with Crippen LogP contribution in [0.25, 0.3) is 0 Å². The third-order valence-electron chi connectivity index (χ3n) is 6.48. The molecule has 2 heterocycles. The lowest BCUT2D eigenvalue weighted by Gasteiger charge is -2.34. The van der Waals surface area contributed by atoms with E-state index in [1.807, 2.05) is 39.1 Å². The highest BCUT2D eigenvalue weighted by molar-refractivity contribution is 6.16. The first-order valence-electron chi connectivity index (χ1n) is 10.5. The topological polar surface area (TPSA) is 88.2 Å². The molecule has 0 radical (unpaired) electrons. The number of piperidine rings is 1. The van der Waals surface area contributed by atoms with Gasteiger partial charge in [-0.05, 0) is 45.2 Å². The SMILES string of the molecule is CCOC(C)(CN(C)c1cccc2c1C1(CC1)C(=O)N2C1CCC(=O)NC1=O)OC. The number of methoxy groups -OCH3 is 1. The minimum Gasteiger partial charge on any atom is -0.369 e. The molecule has 2 atom stereocenters. The maximum absolute atomic E-state index is 13.5. The molecular weight excluding hydrogens is 386 g/mol. The van der Waals surface area contributed by atoms with Crippen LogP contribution in [0, 0.1) is 0 Å². The summed E-state index contributed by atoms with van der Waals surface area (Å²) in [6.07, 6.45) is 2.11. The number of carbonyl (C=O) groups is 3. The van der Waals surface area contributed by atoms with Crippen molar-refractivity contribution < 1.29 is 23.9 Å². The molecule has 1 N–H and O–H groups in total. The van der Waals surface area contributed by atoms with Crippen molar-refractivity contribution in [2.24, 2.45) is 0 Å². The van der Waals surface area contributed by atoms with E-state index in [0.717, 1.165) is 29.8 Å². The Hall–Kier alpha value is -2.45. The minimum absolute atomic E-state index is 0.0350. The van der Waals surface area contributed by atoms with Crippen molar-refractivity contribution in [2.45, 2.75) is 56.8 Å². The first-order chi connectivity index (χ1) is 14.3. The lowest BCUT2D eigenvalue weighted by molar-refractivity contribution is -0.199. The second-order valence-corrected chi connectivity index (χ2v) is 8.52. The summed E-state index contributed by atoms with van der Waals surface area (Å²) in [5.41, 5.74) is 2.11. The van der Waals surface area contributed by atoms with Crippen LogP contribution in [0.4, 0.5) is 11.4 Å². The van der Waals surface area contributed by atoms with E-state index in [0.29, 0.717) is 19.6 Å². The van der Waals surface area contributed by atoms with E-state index >= 15 is 0 Å². The van der Waals surface area contributed by atoms with Gasteiger partial charge in [-0.3, -0.25) is 24.6 Å². The molecule has 3 amide bonds. The van der Waals surface area contributed by atoms with Crippen LogP contribution < -0.4 is 15.1 Å². The minimum atomic E-state index is -0.783. The average molecular weight is 415 g/mol. The van der Waals surface area contributed by atoms with Gasteiger partial charge in [-0.25, -0.2) is 0 Å². The lowest BCUT2D eigenvalue weighted by atomic mass is 9.95. The fraction of sp³-hybridized carbons (Fsp3) is 0.591. The monoisotopic (exact) mass is 415 g/mol. The molecule has 2 unspecified atom stereocenters. The summed E-state index contributed by atoms with van der Waals surface area (Å²) in [6.45, 7) is 4.82. The Bertz CT molecular complexity index is 897. The molecule has 162 valence electrons. The third kappa shape index (κ3) is 3.18. The number of hydrogen-bond acceptors (Lipinski definition) is 6. The van der Waals surface area contributed by atoms with Crippen molar-refractivity contribution in [3.05, 3.63) is 23.8 Å². The van der Waals surface area contributed by atoms with Crippen LogP contribution in [0.3, 0.4) is 0 Å². The standard InChI is InChI=1S/C22H29N3O5/c1-5-30-21(2,29-4)13-24(3)14-7-6-8-15-18(14)22(11-12-22)20(28)25(15)16-9-10-17(26)23-19(16)27/h6-8,16H,5,9-13H2,1-4H3,(H,23,26,27). The summed E-state index contributed by atoms with van der Waals surface area (Å²) in [6, 6.07) is 5.16. The highest BCUT2D eigenvalue weighted by Crippen LogP contribution is 2.60. The average Bonchev–Trinajstić information content (AvgIpc) is 3.47. The Labute approximate surface area is 176 Å². The molecule has 2 aliphatic heterocycles. The normalized spacial score (nSPS) is 23.9. The lowest BCUT2D eigenvalue weighted by Crippen LogP contribution is -2.54. The first kappa shape index (κ1) is 20.8. The summed E-state index contributed by atoms with van der Waals surface area (Å²) < 4.78 is 11.4. The van der Waals surface area contributed by atoms with E-state index < -0.39 is 23.2 Å². The molecule has 0 aromatic heterocycles. The summed E-state index contributed by atoms with van der Waals surface area (Å²) in [5.74, 6) is -1.50. The molecule has 8 nitrogen and oxygen atoms in total. The number of carbonyl (C=O) groups excluding carboxylic acids is 3. The van der Waals surface area contributed by atoms with Gasteiger partial charge >= 0.3 is 0 Å². The van der Waals surface area contributed by atoms with E-state index in [1.165, 1.54) is 0 Å². The second-order valence-electron chi connectivity index (χ2n) is 8.52. The van der Waals surface area contributed by atoms with Gasteiger partial charge in [-0.1, -0.05) is 6.07 Å². The highest BCUT2D eigenvalue weighted by atomic mass is 16.7. The van der Waals surface area contributed by atoms with Crippen molar-refractivity contribution >= 4 is 29.1 Å². The fourth-order valence-corrected chi connectivity index (χ4v) is 4.80. The number of fused-ring (bicyclic) bond motifs is 2. The van der Waals surface area contributed by atoms with Crippen molar-refractivity contribution in [1.29, 1.82) is 0 Å². The van der Waals surface area contributed by atoms with E-state index in [-0.39, 0.29) is 18.2 Å². The highest BCUT2D eigenvalue weighted by Gasteiger charge is 2.62. The molecule has 0 bridgehead atoms. The zero-order valence-electron chi connectivity index (χ0n) is 18.0. The number of nitrogens with one attached hydrogen (secondary N) is 1. The Morgan fingerprint density at radius 3 is 2.63 bits per heavy atom. The summed E-state index contributed by atoms with van der Waals surface area (Å²) in [5, 5.41) is 2.38. The van der Waals surface area contributed by atoms with Gasteiger partial charge < -0.3 is 14.4 Å². The van der Waals surface area contributed by atoms with Gasteiger partial charge in [-0.2, -0.15) is 0 Å². The third-order valence-corrected chi connectivity index (χ3v) is 6.48. The number of likely N-dealkylation sites (N-methyl/N-ethyl adjacent to an activating group) is 1. The first-order valence-corrected chi connectivity index (χ1v) is 10.5. The van der Waals surface area contributed by atoms with Gasteiger partial charge in [0.05, 0.1) is 17.6 Å². The van der Waals surface area contributed by atoms with E-state index in [2.05, 4.69) is 10.2 Å². The van der Waals surface area contributed by atoms with Crippen LogP contribution in [-0.2, 0) is 29.3 Å². The predicted molar refractivity (Wildman–Crippen MR) is 111 cm³/mol. The maximum atomic E-state index is 13.5. The van der Waals surface area contributed by atoms with Crippen molar-refractivity contribution in [3.8, 4) is 0 Å². The van der Waals surface area contributed by atoms with Crippen molar-refractivity contribution in [1.82, 2.24) is 5.32 Å². The van der Waals surface area contributed by atoms with Crippen LogP contribution >= 0.6 is 0 Å². The number of ether oxygens (including phenoxy) is 2. The van der Waals surface area contributed by atoms with E-state index in [9.17, 15) is 14.4 Å². The molecule has 1 saturated heterocycles. The quantitative estimate of drug-likeness (QED) is 0.539. The molecule has 1 aromatic carbocycles. The largest absolute Gasteiger partial charge is 0.369 e. The second kappa shape index (κ2) is 7.35. The number of amides is 3. The molecule has 1 aliphatic carbocycles. The Balaban J connectivity index is 1.71. The van der Waals surface area contributed by atoms with Gasteiger partial charge in [0.25, 0.3) is 0 Å². The van der Waals surface area contributed by atoms with E-state index in [4.69, 9.17) is 9.47 Å². The van der Waals surface area contributed by atoms with Crippen LogP contribution in [0.5, 0.6) is 0 Å². The van der Waals surface area contributed by atoms with Gasteiger partial charge in [-0.15, -0.1) is 0 Å². The Morgan fingerprint density at radius 2 is 2.03 bits per heavy atom. The molecule has 2 fully saturated rings. The van der Waals surface area contributed by atoms with Crippen molar-refractivity contribution in [2.75, 3.05) is 37.1 Å². The predicted octanol–water partition coefficient (Wildman–Crippen LogP) is 1.71. The van der Waals surface area contributed by atoms with Crippen LogP contribution in [0.15, 0.2) is 18.2 Å².